The van der Waals surface area contributed by atoms with E-state index in [0.717, 1.165) is 12.8 Å². The Hall–Kier alpha value is -3.14. The van der Waals surface area contributed by atoms with E-state index in [-0.39, 0.29) is 36.4 Å². The molecule has 498 valence electrons. The molecule has 0 aromatic heterocycles. The molecule has 0 aromatic carbocycles. The molecule has 0 amide bonds. The maximum Gasteiger partial charge on any atom is 0.335 e. The molecule has 87 heavy (non-hydrogen) atoms. The van der Waals surface area contributed by atoms with Gasteiger partial charge in [-0.15, -0.1) is 0 Å². The number of nitrogens with two attached hydrogens (primary N) is 2. The molecule has 8 fully saturated rings. The number of aliphatic hydroxyl groups excluding tert-OH is 10. The van der Waals surface area contributed by atoms with Crippen LogP contribution in [0.25, 0.3) is 0 Å². The van der Waals surface area contributed by atoms with Gasteiger partial charge in [0.1, 0.15) is 79.8 Å². The number of carbonyl (C=O) groups is 4. The molecule has 4 heterocycles. The third-order valence-corrected chi connectivity index (χ3v) is 22.6. The number of carboxylic acids is 2. The number of fused-ring (bicyclic) bond motifs is 7. The van der Waals surface area contributed by atoms with Crippen molar-refractivity contribution in [2.75, 3.05) is 33.0 Å². The van der Waals surface area contributed by atoms with Gasteiger partial charge in [-0.2, -0.15) is 0 Å². The predicted molar refractivity (Wildman–Crippen MR) is 300 cm³/mol. The van der Waals surface area contributed by atoms with Gasteiger partial charge in [-0.25, -0.2) is 4.79 Å². The summed E-state index contributed by atoms with van der Waals surface area (Å²) in [6, 6.07) is -0.716. The van der Waals surface area contributed by atoms with Crippen molar-refractivity contribution in [3.05, 3.63) is 11.6 Å². The van der Waals surface area contributed by atoms with Crippen LogP contribution >= 0.6 is 0 Å². The van der Waals surface area contributed by atoms with E-state index in [1.165, 1.54) is 12.5 Å². The summed E-state index contributed by atoms with van der Waals surface area (Å²) < 4.78 is 54.3. The van der Waals surface area contributed by atoms with E-state index in [1.54, 1.807) is 13.8 Å². The van der Waals surface area contributed by atoms with Crippen LogP contribution in [0.5, 0.6) is 0 Å². The van der Waals surface area contributed by atoms with Crippen LogP contribution in [0.4, 0.5) is 0 Å². The van der Waals surface area contributed by atoms with E-state index in [9.17, 15) is 75.3 Å². The Bertz CT molecular complexity index is 2470. The molecule has 16 N–H and O–H groups in total. The van der Waals surface area contributed by atoms with E-state index in [0.29, 0.717) is 57.9 Å². The average Bonchev–Trinajstić information content (AvgIpc) is 1.67. The highest BCUT2D eigenvalue weighted by molar-refractivity contribution is 5.74. The second kappa shape index (κ2) is 26.5. The summed E-state index contributed by atoms with van der Waals surface area (Å²) in [6.45, 7) is 16.5. The van der Waals surface area contributed by atoms with Crippen LogP contribution < -0.4 is 11.5 Å². The first-order valence-electron chi connectivity index (χ1n) is 30.8. The molecule has 27 nitrogen and oxygen atoms in total. The van der Waals surface area contributed by atoms with Gasteiger partial charge in [0.25, 0.3) is 0 Å². The standard InChI is InChI=1S/C54H84O23.C6H14N2O2/c1-22(23(2)71-24(3)57)45(68)70-21-54-26-16-49(4,5)43(42(54)65)73-32(54)17-53(9)25(26)10-11-30-50(6)14-13-31(51(7,20-56)29(50)12-15-52(30,53)8)74-48-40(76-46-36(62)33(59)27(58)19-69-46)38(64)39(41(77-48)44(66)67)75-47-37(63)35(61)34(60)28(18-55)72-47;7-4-2-1-3-5(8)6(9)10/h10,22-23,26-43,46-48,55-56,58-65H,11-21H2,1-9H3,(H,66,67);5H,1-4,7-8H2,(H,9,10)/t22?,23?,26?,27-,28+,29?,30?,31-,32-,33+,34+,35-,36-,37+,38-,39?,40+,41-,42+,43-,46+,47+,48+,50-,51+,52+,53+,54-;/m0./s1. The molecule has 29 atom stereocenters. The summed E-state index contributed by atoms with van der Waals surface area (Å²) in [5, 5.41) is 129. The lowest BCUT2D eigenvalue weighted by Gasteiger charge is -2.71. The highest BCUT2D eigenvalue weighted by atomic mass is 16.8. The second-order valence-corrected chi connectivity index (χ2v) is 28.0. The van der Waals surface area contributed by atoms with E-state index >= 15 is 0 Å². The zero-order valence-corrected chi connectivity index (χ0v) is 51.4. The number of carboxylic acid groups (broad SMARTS) is 2. The van der Waals surface area contributed by atoms with Crippen LogP contribution in [0.2, 0.25) is 0 Å². The van der Waals surface area contributed by atoms with E-state index < -0.39 is 193 Å². The Kier molecular flexibility index (Phi) is 21.2. The van der Waals surface area contributed by atoms with Gasteiger partial charge in [0.05, 0.1) is 55.6 Å². The van der Waals surface area contributed by atoms with Crippen molar-refractivity contribution >= 4 is 23.9 Å². The van der Waals surface area contributed by atoms with E-state index in [2.05, 4.69) is 40.7 Å². The minimum absolute atomic E-state index is 0.0482. The van der Waals surface area contributed by atoms with Gasteiger partial charge in [0.2, 0.25) is 0 Å². The molecule has 4 aliphatic heterocycles. The molecule has 9 rings (SSSR count). The molecule has 2 bridgehead atoms. The molecule has 9 aliphatic rings. The fourth-order valence-corrected chi connectivity index (χ4v) is 17.2. The molecule has 0 aromatic rings. The lowest BCUT2D eigenvalue weighted by atomic mass is 9.33. The van der Waals surface area contributed by atoms with Crippen molar-refractivity contribution in [3.8, 4) is 0 Å². The number of aliphatic hydroxyl groups is 10. The van der Waals surface area contributed by atoms with Gasteiger partial charge in [0.15, 0.2) is 25.0 Å². The average molecular weight is 1250 g/mol. The van der Waals surface area contributed by atoms with E-state index in [1.807, 2.05) is 6.92 Å². The summed E-state index contributed by atoms with van der Waals surface area (Å²) in [6.07, 6.45) is -20.7. The Balaban J connectivity index is 0.000000900. The van der Waals surface area contributed by atoms with Crippen LogP contribution in [-0.2, 0) is 61.8 Å². The number of unbranched alkanes of at least 4 members (excludes halogenated alkanes) is 1. The van der Waals surface area contributed by atoms with E-state index in [4.69, 9.17) is 59.2 Å². The van der Waals surface area contributed by atoms with Crippen molar-refractivity contribution in [3.63, 3.8) is 0 Å². The zero-order valence-electron chi connectivity index (χ0n) is 51.4. The first-order chi connectivity index (χ1) is 40.6. The van der Waals surface area contributed by atoms with Gasteiger partial charge in [-0.05, 0) is 118 Å². The summed E-state index contributed by atoms with van der Waals surface area (Å²) in [7, 11) is 0. The number of rotatable bonds is 19. The predicted octanol–water partition coefficient (Wildman–Crippen LogP) is -1.06. The monoisotopic (exact) mass is 1250 g/mol. The smallest absolute Gasteiger partial charge is 0.335 e. The number of ether oxygens (including phenoxy) is 9. The van der Waals surface area contributed by atoms with Gasteiger partial charge < -0.3 is 115 Å². The fraction of sp³-hybridized carbons (Fsp3) is 0.900. The number of carbonyl (C=O) groups excluding carboxylic acids is 2. The first kappa shape index (κ1) is 69.7. The van der Waals surface area contributed by atoms with Crippen LogP contribution in [0.1, 0.15) is 127 Å². The van der Waals surface area contributed by atoms with Crippen molar-refractivity contribution in [2.45, 2.75) is 249 Å². The summed E-state index contributed by atoms with van der Waals surface area (Å²) in [5.41, 5.74) is 8.02. The summed E-state index contributed by atoms with van der Waals surface area (Å²) in [4.78, 5) is 48.6. The fourth-order valence-electron chi connectivity index (χ4n) is 17.2. The molecular weight excluding hydrogens is 1150 g/mol. The quantitative estimate of drug-likeness (QED) is 0.0317. The normalized spacial score (nSPS) is 47.2. The molecule has 0 radical (unpaired) electrons. The van der Waals surface area contributed by atoms with Gasteiger partial charge in [-0.1, -0.05) is 59.6 Å². The molecule has 5 aliphatic carbocycles. The van der Waals surface area contributed by atoms with Crippen LogP contribution in [-0.4, -0.2) is 241 Å². The maximum absolute atomic E-state index is 13.6. The topological polar surface area (TPSA) is 446 Å². The molecule has 4 saturated heterocycles. The number of hydrogen-bond donors (Lipinski definition) is 14. The highest BCUT2D eigenvalue weighted by Gasteiger charge is 2.76. The van der Waals surface area contributed by atoms with Gasteiger partial charge in [0, 0.05) is 12.3 Å². The van der Waals surface area contributed by atoms with Crippen LogP contribution in [0, 0.1) is 56.2 Å². The van der Waals surface area contributed by atoms with Crippen LogP contribution in [0.15, 0.2) is 11.6 Å². The molecule has 7 unspecified atom stereocenters. The number of allylic oxidation sites excluding steroid dienone is 2. The molecular formula is C60H98N2O25. The third-order valence-electron chi connectivity index (χ3n) is 22.6. The Labute approximate surface area is 506 Å². The third kappa shape index (κ3) is 12.3. The largest absolute Gasteiger partial charge is 0.480 e. The molecule has 4 saturated carbocycles. The molecule has 0 spiro atoms. The highest BCUT2D eigenvalue weighted by Crippen LogP contribution is 2.77. The van der Waals surface area contributed by atoms with Crippen LogP contribution in [0.3, 0.4) is 0 Å². The van der Waals surface area contributed by atoms with Gasteiger partial charge >= 0.3 is 23.9 Å². The summed E-state index contributed by atoms with van der Waals surface area (Å²) in [5.74, 6) is -4.75. The lowest BCUT2D eigenvalue weighted by Crippen LogP contribution is -2.69. The maximum atomic E-state index is 13.6. The van der Waals surface area contributed by atoms with Crippen molar-refractivity contribution in [2.24, 2.45) is 67.6 Å². The van der Waals surface area contributed by atoms with Gasteiger partial charge in [-0.3, -0.25) is 14.4 Å². The minimum Gasteiger partial charge on any atom is -0.480 e. The van der Waals surface area contributed by atoms with Crippen molar-refractivity contribution in [1.29, 1.82) is 0 Å². The number of esters is 2. The Morgan fingerprint density at radius 2 is 1.43 bits per heavy atom. The molecule has 27 heteroatoms. The number of hydrogen-bond acceptors (Lipinski definition) is 25. The van der Waals surface area contributed by atoms with Crippen molar-refractivity contribution < 1.29 is 123 Å². The minimum atomic E-state index is -2.09. The first-order valence-corrected chi connectivity index (χ1v) is 30.8. The number of aliphatic carboxylic acids is 2. The Morgan fingerprint density at radius 1 is 0.759 bits per heavy atom. The second-order valence-electron chi connectivity index (χ2n) is 28.0. The zero-order chi connectivity index (χ0) is 64.4. The summed E-state index contributed by atoms with van der Waals surface area (Å²) >= 11 is 0. The Morgan fingerprint density at radius 3 is 2.05 bits per heavy atom. The van der Waals surface area contributed by atoms with Crippen molar-refractivity contribution in [1.82, 2.24) is 0 Å². The SMILES string of the molecule is CC(=O)OC(C)C(C)C(=O)OC[C@]12C3CC(C)(C)[C@@H](O[C@H]1C[C@]1(C)C3=CCC3[C@@]4(C)CC[C@H](O[C@@H]5O[C@H](C(=O)O)C(O[C@H]6O[C@H](CO)[C@@H](O)[C@H](O)[C@H]6O)[C@H](O)[C@H]5O[C@H]5OC[C@H](O)[C@@H](O)[C@@H]5O)[C@](C)(CO)C4CC[C@]31C)[C@H]2O.NCCCCC(N)C(=O)O. The lowest BCUT2D eigenvalue weighted by molar-refractivity contribution is -0.387.